The number of aromatic nitrogens is 2. The van der Waals surface area contributed by atoms with E-state index in [1.807, 2.05) is 0 Å². The van der Waals surface area contributed by atoms with Gasteiger partial charge in [0.05, 0.1) is 26.4 Å². The SMILES string of the molecule is COCC(CO)Nc1ncnc(Cl)c1OC. The van der Waals surface area contributed by atoms with Crippen molar-refractivity contribution < 1.29 is 14.6 Å². The van der Waals surface area contributed by atoms with Crippen LogP contribution in [0.25, 0.3) is 0 Å². The number of methoxy groups -OCH3 is 2. The molecule has 2 N–H and O–H groups in total. The van der Waals surface area contributed by atoms with Gasteiger partial charge in [-0.05, 0) is 0 Å². The van der Waals surface area contributed by atoms with Crippen LogP contribution in [0.15, 0.2) is 6.33 Å². The summed E-state index contributed by atoms with van der Waals surface area (Å²) < 4.78 is 9.99. The van der Waals surface area contributed by atoms with Crippen molar-refractivity contribution in [2.24, 2.45) is 0 Å². The van der Waals surface area contributed by atoms with Crippen LogP contribution in [0.2, 0.25) is 5.15 Å². The molecular weight excluding hydrogens is 234 g/mol. The van der Waals surface area contributed by atoms with Gasteiger partial charge in [0.1, 0.15) is 6.33 Å². The van der Waals surface area contributed by atoms with Gasteiger partial charge in [-0.15, -0.1) is 0 Å². The van der Waals surface area contributed by atoms with Gasteiger partial charge in [-0.1, -0.05) is 11.6 Å². The Morgan fingerprint density at radius 3 is 2.81 bits per heavy atom. The van der Waals surface area contributed by atoms with Gasteiger partial charge >= 0.3 is 0 Å². The molecule has 1 unspecified atom stereocenters. The number of halogens is 1. The van der Waals surface area contributed by atoms with Crippen molar-refractivity contribution in [3.05, 3.63) is 11.5 Å². The maximum Gasteiger partial charge on any atom is 0.198 e. The first kappa shape index (κ1) is 13.0. The molecule has 0 aliphatic carbocycles. The Bertz CT molecular complexity index is 338. The summed E-state index contributed by atoms with van der Waals surface area (Å²) in [6.45, 7) is 0.264. The fourth-order valence-electron chi connectivity index (χ4n) is 1.17. The van der Waals surface area contributed by atoms with Crippen LogP contribution in [0.1, 0.15) is 0 Å². The minimum atomic E-state index is -0.273. The van der Waals surface area contributed by atoms with E-state index >= 15 is 0 Å². The molecule has 0 radical (unpaired) electrons. The largest absolute Gasteiger partial charge is 0.490 e. The number of aliphatic hydroxyl groups excluding tert-OH is 1. The van der Waals surface area contributed by atoms with E-state index in [9.17, 15) is 0 Å². The second-order valence-corrected chi connectivity index (χ2v) is 3.38. The number of aliphatic hydroxyl groups is 1. The zero-order valence-corrected chi connectivity index (χ0v) is 9.86. The summed E-state index contributed by atoms with van der Waals surface area (Å²) in [5.41, 5.74) is 0. The molecule has 0 bridgehead atoms. The van der Waals surface area contributed by atoms with Crippen LogP contribution in [0.3, 0.4) is 0 Å². The number of hydrogen-bond donors (Lipinski definition) is 2. The maximum absolute atomic E-state index is 9.09. The van der Waals surface area contributed by atoms with Gasteiger partial charge in [-0.2, -0.15) is 0 Å². The summed E-state index contributed by atoms with van der Waals surface area (Å²) >= 11 is 5.82. The molecule has 0 saturated carbocycles. The number of ether oxygens (including phenoxy) is 2. The van der Waals surface area contributed by atoms with Crippen LogP contribution in [0, 0.1) is 0 Å². The van der Waals surface area contributed by atoms with Gasteiger partial charge < -0.3 is 19.9 Å². The fourth-order valence-corrected chi connectivity index (χ4v) is 1.38. The number of nitrogens with one attached hydrogen (secondary N) is 1. The molecule has 0 saturated heterocycles. The summed E-state index contributed by atoms with van der Waals surface area (Å²) in [6, 6.07) is -0.273. The summed E-state index contributed by atoms with van der Waals surface area (Å²) in [7, 11) is 3.02. The highest BCUT2D eigenvalue weighted by Crippen LogP contribution is 2.28. The van der Waals surface area contributed by atoms with E-state index in [0.29, 0.717) is 18.2 Å². The first-order valence-electron chi connectivity index (χ1n) is 4.63. The Hall–Kier alpha value is -1.11. The zero-order valence-electron chi connectivity index (χ0n) is 9.11. The van der Waals surface area contributed by atoms with E-state index in [1.54, 1.807) is 7.11 Å². The Balaban J connectivity index is 2.82. The van der Waals surface area contributed by atoms with Crippen molar-refractivity contribution in [2.75, 3.05) is 32.8 Å². The van der Waals surface area contributed by atoms with Crippen LogP contribution < -0.4 is 10.1 Å². The first-order valence-corrected chi connectivity index (χ1v) is 5.01. The third-order valence-corrected chi connectivity index (χ3v) is 2.16. The number of hydrogen-bond acceptors (Lipinski definition) is 6. The summed E-state index contributed by atoms with van der Waals surface area (Å²) in [5.74, 6) is 0.775. The molecule has 6 nitrogen and oxygen atoms in total. The van der Waals surface area contributed by atoms with Gasteiger partial charge in [-0.25, -0.2) is 9.97 Å². The maximum atomic E-state index is 9.09. The third kappa shape index (κ3) is 3.19. The van der Waals surface area contributed by atoms with Gasteiger partial charge in [-0.3, -0.25) is 0 Å². The van der Waals surface area contributed by atoms with Crippen LogP contribution in [0.5, 0.6) is 5.75 Å². The van der Waals surface area contributed by atoms with Crippen molar-refractivity contribution in [3.8, 4) is 5.75 Å². The third-order valence-electron chi connectivity index (χ3n) is 1.89. The normalized spacial score (nSPS) is 12.2. The number of nitrogens with zero attached hydrogens (tertiary/aromatic N) is 2. The fraction of sp³-hybridized carbons (Fsp3) is 0.556. The Morgan fingerprint density at radius 1 is 1.50 bits per heavy atom. The lowest BCUT2D eigenvalue weighted by atomic mass is 10.3. The lowest BCUT2D eigenvalue weighted by Gasteiger charge is -2.17. The molecule has 0 aliphatic heterocycles. The van der Waals surface area contributed by atoms with E-state index in [2.05, 4.69) is 15.3 Å². The lowest BCUT2D eigenvalue weighted by molar-refractivity contribution is 0.153. The average Bonchev–Trinajstić information content (AvgIpc) is 2.28. The van der Waals surface area contributed by atoms with Crippen molar-refractivity contribution in [1.29, 1.82) is 0 Å². The number of anilines is 1. The minimum Gasteiger partial charge on any atom is -0.490 e. The molecule has 1 aromatic rings. The molecule has 1 rings (SSSR count). The molecule has 90 valence electrons. The van der Waals surface area contributed by atoms with Gasteiger partial charge in [0.25, 0.3) is 0 Å². The molecule has 1 atom stereocenters. The summed E-state index contributed by atoms with van der Waals surface area (Å²) in [6.07, 6.45) is 1.31. The molecule has 0 spiro atoms. The molecule has 0 fully saturated rings. The molecule has 1 heterocycles. The quantitative estimate of drug-likeness (QED) is 0.716. The van der Waals surface area contributed by atoms with E-state index in [1.165, 1.54) is 13.4 Å². The second-order valence-electron chi connectivity index (χ2n) is 3.03. The predicted octanol–water partition coefficient (Wildman–Crippen LogP) is 0.558. The van der Waals surface area contributed by atoms with Crippen molar-refractivity contribution in [3.63, 3.8) is 0 Å². The molecule has 7 heteroatoms. The first-order chi connectivity index (χ1) is 7.72. The van der Waals surface area contributed by atoms with Gasteiger partial charge in [0, 0.05) is 7.11 Å². The predicted molar refractivity (Wildman–Crippen MR) is 60.0 cm³/mol. The van der Waals surface area contributed by atoms with Crippen LogP contribution in [0.4, 0.5) is 5.82 Å². The molecule has 16 heavy (non-hydrogen) atoms. The summed E-state index contributed by atoms with van der Waals surface area (Å²) in [5, 5.41) is 12.3. The van der Waals surface area contributed by atoms with Crippen LogP contribution >= 0.6 is 11.6 Å². The number of rotatable bonds is 6. The van der Waals surface area contributed by atoms with Crippen molar-refractivity contribution >= 4 is 17.4 Å². The van der Waals surface area contributed by atoms with E-state index in [-0.39, 0.29) is 17.8 Å². The average molecular weight is 248 g/mol. The molecule has 1 aromatic heterocycles. The van der Waals surface area contributed by atoms with E-state index < -0.39 is 0 Å². The summed E-state index contributed by atoms with van der Waals surface area (Å²) in [4.78, 5) is 7.77. The topological polar surface area (TPSA) is 76.5 Å². The molecule has 0 aliphatic rings. The molecule has 0 aromatic carbocycles. The highest BCUT2D eigenvalue weighted by atomic mass is 35.5. The Morgan fingerprint density at radius 2 is 2.25 bits per heavy atom. The smallest absolute Gasteiger partial charge is 0.198 e. The highest BCUT2D eigenvalue weighted by molar-refractivity contribution is 6.31. The van der Waals surface area contributed by atoms with E-state index in [0.717, 1.165) is 0 Å². The lowest BCUT2D eigenvalue weighted by Crippen LogP contribution is -2.29. The molecular formula is C9H14ClN3O3. The highest BCUT2D eigenvalue weighted by Gasteiger charge is 2.14. The van der Waals surface area contributed by atoms with Crippen molar-refractivity contribution in [2.45, 2.75) is 6.04 Å². The van der Waals surface area contributed by atoms with E-state index in [4.69, 9.17) is 26.2 Å². The zero-order chi connectivity index (χ0) is 12.0. The second kappa shape index (κ2) is 6.47. The van der Waals surface area contributed by atoms with Gasteiger partial charge in [0.2, 0.25) is 0 Å². The van der Waals surface area contributed by atoms with Crippen LogP contribution in [-0.4, -0.2) is 48.5 Å². The standard InChI is InChI=1S/C9H14ClN3O3/c1-15-4-6(3-14)13-9-7(16-2)8(10)11-5-12-9/h5-6,14H,3-4H2,1-2H3,(H,11,12,13). The minimum absolute atomic E-state index is 0.0847. The molecule has 0 amide bonds. The Labute approximate surface area is 98.6 Å². The monoisotopic (exact) mass is 247 g/mol. The Kier molecular flexibility index (Phi) is 5.24. The van der Waals surface area contributed by atoms with Gasteiger partial charge in [0.15, 0.2) is 16.7 Å². The van der Waals surface area contributed by atoms with Crippen molar-refractivity contribution in [1.82, 2.24) is 9.97 Å². The van der Waals surface area contributed by atoms with Crippen LogP contribution in [-0.2, 0) is 4.74 Å².